The minimum absolute atomic E-state index is 0. The number of rotatable bonds is 2. The van der Waals surface area contributed by atoms with E-state index in [-0.39, 0.29) is 30.2 Å². The molecule has 2 N–H and O–H groups in total. The normalized spacial score (nSPS) is 24.4. The topological polar surface area (TPSA) is 46.3 Å². The van der Waals surface area contributed by atoms with Crippen molar-refractivity contribution in [1.29, 1.82) is 0 Å². The van der Waals surface area contributed by atoms with Crippen molar-refractivity contribution in [3.05, 3.63) is 29.6 Å². The Kier molecular flexibility index (Phi) is 4.66. The van der Waals surface area contributed by atoms with Crippen molar-refractivity contribution in [3.63, 3.8) is 0 Å². The van der Waals surface area contributed by atoms with Crippen molar-refractivity contribution >= 4 is 24.0 Å². The SMILES string of the molecule is Cl.N[C@@H]1CCC[C@H]1CC(=O)N1CCc2ccc(F)cc21. The quantitative estimate of drug-likeness (QED) is 0.912. The third-order valence-electron chi connectivity index (χ3n) is 4.40. The summed E-state index contributed by atoms with van der Waals surface area (Å²) in [7, 11) is 0. The summed E-state index contributed by atoms with van der Waals surface area (Å²) in [5.74, 6) is 0.104. The van der Waals surface area contributed by atoms with Gasteiger partial charge in [0.2, 0.25) is 5.91 Å². The van der Waals surface area contributed by atoms with E-state index < -0.39 is 0 Å². The molecule has 1 saturated carbocycles. The van der Waals surface area contributed by atoms with Gasteiger partial charge < -0.3 is 10.6 Å². The highest BCUT2D eigenvalue weighted by Crippen LogP contribution is 2.32. The van der Waals surface area contributed by atoms with Crippen LogP contribution in [-0.4, -0.2) is 18.5 Å². The summed E-state index contributed by atoms with van der Waals surface area (Å²) in [6, 6.07) is 4.85. The number of carbonyl (C=O) groups excluding carboxylic acids is 1. The highest BCUT2D eigenvalue weighted by Gasteiger charge is 2.31. The summed E-state index contributed by atoms with van der Waals surface area (Å²) in [5, 5.41) is 0. The van der Waals surface area contributed by atoms with Gasteiger partial charge in [-0.3, -0.25) is 4.79 Å². The molecular weight excluding hydrogens is 279 g/mol. The number of benzene rings is 1. The van der Waals surface area contributed by atoms with Crippen molar-refractivity contribution < 1.29 is 9.18 Å². The minimum atomic E-state index is -0.281. The van der Waals surface area contributed by atoms with Gasteiger partial charge >= 0.3 is 0 Å². The van der Waals surface area contributed by atoms with E-state index in [0.29, 0.717) is 18.9 Å². The first kappa shape index (κ1) is 15.3. The minimum Gasteiger partial charge on any atom is -0.327 e. The fourth-order valence-corrected chi connectivity index (χ4v) is 3.26. The molecule has 1 aromatic rings. The van der Waals surface area contributed by atoms with Gasteiger partial charge in [-0.25, -0.2) is 4.39 Å². The lowest BCUT2D eigenvalue weighted by Crippen LogP contribution is -2.34. The van der Waals surface area contributed by atoms with E-state index in [1.165, 1.54) is 12.1 Å². The molecule has 0 radical (unpaired) electrons. The zero-order valence-electron chi connectivity index (χ0n) is 11.3. The van der Waals surface area contributed by atoms with E-state index in [9.17, 15) is 9.18 Å². The second-order valence-electron chi connectivity index (χ2n) is 5.63. The summed E-state index contributed by atoms with van der Waals surface area (Å²) >= 11 is 0. The molecule has 20 heavy (non-hydrogen) atoms. The first-order valence-corrected chi connectivity index (χ1v) is 6.99. The second-order valence-corrected chi connectivity index (χ2v) is 5.63. The van der Waals surface area contributed by atoms with Gasteiger partial charge in [0.1, 0.15) is 5.82 Å². The highest BCUT2D eigenvalue weighted by molar-refractivity contribution is 5.95. The molecule has 0 saturated heterocycles. The van der Waals surface area contributed by atoms with Crippen LogP contribution in [0, 0.1) is 11.7 Å². The summed E-state index contributed by atoms with van der Waals surface area (Å²) in [6.07, 6.45) is 4.49. The third-order valence-corrected chi connectivity index (χ3v) is 4.40. The Bertz CT molecular complexity index is 509. The molecule has 1 aliphatic carbocycles. The Morgan fingerprint density at radius 1 is 1.40 bits per heavy atom. The molecule has 1 heterocycles. The van der Waals surface area contributed by atoms with Crippen molar-refractivity contribution in [2.45, 2.75) is 38.1 Å². The van der Waals surface area contributed by atoms with Crippen LogP contribution in [0.25, 0.3) is 0 Å². The Hall–Kier alpha value is -1.13. The van der Waals surface area contributed by atoms with Crippen molar-refractivity contribution in [1.82, 2.24) is 0 Å². The van der Waals surface area contributed by atoms with Crippen molar-refractivity contribution in [2.75, 3.05) is 11.4 Å². The Morgan fingerprint density at radius 3 is 2.90 bits per heavy atom. The number of fused-ring (bicyclic) bond motifs is 1. The second kappa shape index (κ2) is 6.10. The van der Waals surface area contributed by atoms with Crippen LogP contribution >= 0.6 is 12.4 Å². The zero-order chi connectivity index (χ0) is 13.4. The maximum Gasteiger partial charge on any atom is 0.227 e. The van der Waals surface area contributed by atoms with Crippen LogP contribution in [0.3, 0.4) is 0 Å². The predicted molar refractivity (Wildman–Crippen MR) is 79.6 cm³/mol. The fraction of sp³-hybridized carbons (Fsp3) is 0.533. The number of nitrogens with zero attached hydrogens (tertiary/aromatic N) is 1. The highest BCUT2D eigenvalue weighted by atomic mass is 35.5. The molecule has 0 bridgehead atoms. The van der Waals surface area contributed by atoms with E-state index in [2.05, 4.69) is 0 Å². The molecular formula is C15H20ClFN2O. The van der Waals surface area contributed by atoms with E-state index in [0.717, 1.165) is 36.9 Å². The number of nitrogens with two attached hydrogens (primary N) is 1. The third kappa shape index (κ3) is 2.81. The van der Waals surface area contributed by atoms with Gasteiger partial charge in [0.25, 0.3) is 0 Å². The number of amides is 1. The van der Waals surface area contributed by atoms with Crippen LogP contribution in [0.2, 0.25) is 0 Å². The van der Waals surface area contributed by atoms with Gasteiger partial charge in [0.05, 0.1) is 0 Å². The Labute approximate surface area is 124 Å². The summed E-state index contributed by atoms with van der Waals surface area (Å²) < 4.78 is 13.3. The van der Waals surface area contributed by atoms with Crippen LogP contribution in [0.5, 0.6) is 0 Å². The van der Waals surface area contributed by atoms with Crippen molar-refractivity contribution in [2.24, 2.45) is 11.7 Å². The molecule has 0 aromatic heterocycles. The van der Waals surface area contributed by atoms with E-state index in [4.69, 9.17) is 5.73 Å². The summed E-state index contributed by atoms with van der Waals surface area (Å²) in [5.41, 5.74) is 7.82. The molecule has 2 aliphatic rings. The van der Waals surface area contributed by atoms with Gasteiger partial charge in [-0.2, -0.15) is 0 Å². The molecule has 1 amide bonds. The van der Waals surface area contributed by atoms with Crippen molar-refractivity contribution in [3.8, 4) is 0 Å². The monoisotopic (exact) mass is 298 g/mol. The van der Waals surface area contributed by atoms with Crippen LogP contribution in [0.4, 0.5) is 10.1 Å². The smallest absolute Gasteiger partial charge is 0.227 e. The van der Waals surface area contributed by atoms with Gasteiger partial charge in [-0.1, -0.05) is 12.5 Å². The summed E-state index contributed by atoms with van der Waals surface area (Å²) in [6.45, 7) is 0.666. The van der Waals surface area contributed by atoms with Crippen LogP contribution in [0.1, 0.15) is 31.2 Å². The first-order chi connectivity index (χ1) is 9.15. The molecule has 3 rings (SSSR count). The molecule has 1 aliphatic heterocycles. The van der Waals surface area contributed by atoms with Gasteiger partial charge in [-0.15, -0.1) is 12.4 Å². The molecule has 1 fully saturated rings. The zero-order valence-corrected chi connectivity index (χ0v) is 12.2. The lowest BCUT2D eigenvalue weighted by Gasteiger charge is -2.21. The fourth-order valence-electron chi connectivity index (χ4n) is 3.26. The van der Waals surface area contributed by atoms with Crippen LogP contribution in [-0.2, 0) is 11.2 Å². The van der Waals surface area contributed by atoms with Crippen LogP contribution < -0.4 is 10.6 Å². The Balaban J connectivity index is 0.00000147. The largest absolute Gasteiger partial charge is 0.327 e. The summed E-state index contributed by atoms with van der Waals surface area (Å²) in [4.78, 5) is 14.1. The van der Waals surface area contributed by atoms with E-state index >= 15 is 0 Å². The number of hydrogen-bond donors (Lipinski definition) is 1. The van der Waals surface area contributed by atoms with Gasteiger partial charge in [0.15, 0.2) is 0 Å². The average Bonchev–Trinajstić information content (AvgIpc) is 2.96. The number of halogens is 2. The van der Waals surface area contributed by atoms with Gasteiger partial charge in [0, 0.05) is 24.7 Å². The molecule has 110 valence electrons. The molecule has 0 spiro atoms. The number of hydrogen-bond acceptors (Lipinski definition) is 2. The number of carbonyl (C=O) groups is 1. The van der Waals surface area contributed by atoms with Gasteiger partial charge in [-0.05, 0) is 42.9 Å². The first-order valence-electron chi connectivity index (χ1n) is 6.99. The molecule has 1 aromatic carbocycles. The Morgan fingerprint density at radius 2 is 2.20 bits per heavy atom. The standard InChI is InChI=1S/C15H19FN2O.ClH/c16-12-5-4-10-6-7-18(14(10)9-12)15(19)8-11-2-1-3-13(11)17;/h4-5,9,11,13H,1-3,6-8,17H2;1H/t11-,13+;/m0./s1. The maximum atomic E-state index is 13.3. The predicted octanol–water partition coefficient (Wildman–Crippen LogP) is 2.65. The molecule has 0 unspecified atom stereocenters. The molecule has 5 heteroatoms. The lowest BCUT2D eigenvalue weighted by molar-refractivity contribution is -0.119. The van der Waals surface area contributed by atoms with E-state index in [1.54, 1.807) is 11.0 Å². The lowest BCUT2D eigenvalue weighted by atomic mass is 9.99. The van der Waals surface area contributed by atoms with E-state index in [1.807, 2.05) is 0 Å². The average molecular weight is 299 g/mol. The maximum absolute atomic E-state index is 13.3. The van der Waals surface area contributed by atoms with Crippen LogP contribution in [0.15, 0.2) is 18.2 Å². The number of anilines is 1. The molecule has 2 atom stereocenters. The molecule has 3 nitrogen and oxygen atoms in total.